The molecule has 0 heterocycles. The highest BCUT2D eigenvalue weighted by Crippen LogP contribution is 2.48. The van der Waals surface area contributed by atoms with Gasteiger partial charge in [-0.05, 0) is 30.4 Å². The van der Waals surface area contributed by atoms with Gasteiger partial charge in [-0.25, -0.2) is 13.2 Å². The number of rotatable bonds is 3. The first-order valence-electron chi connectivity index (χ1n) is 6.73. The maximum atomic E-state index is 13.6. The number of allylic oxidation sites excluding steroid dienone is 2. The third kappa shape index (κ3) is 2.17. The molecule has 3 rings (SSSR count). The fourth-order valence-corrected chi connectivity index (χ4v) is 3.34. The SMILES string of the molecule is O=C([O-])[C@H]1[C@H](C(=O)Nc2ccc(F)c(F)c2F)[C@H]2C=C[C@@H]1C2. The fourth-order valence-electron chi connectivity index (χ4n) is 3.34. The number of aliphatic carboxylic acids is 1. The number of carboxylic acid groups (broad SMARTS) is 1. The summed E-state index contributed by atoms with van der Waals surface area (Å²) >= 11 is 0. The molecule has 22 heavy (non-hydrogen) atoms. The highest BCUT2D eigenvalue weighted by Gasteiger charge is 2.48. The predicted octanol–water partition coefficient (Wildman–Crippen LogP) is 1.23. The van der Waals surface area contributed by atoms with Crippen molar-refractivity contribution in [3.05, 3.63) is 41.7 Å². The van der Waals surface area contributed by atoms with E-state index in [2.05, 4.69) is 5.32 Å². The minimum absolute atomic E-state index is 0.277. The Kier molecular flexibility index (Phi) is 3.42. The van der Waals surface area contributed by atoms with Crippen LogP contribution in [-0.2, 0) is 9.59 Å². The van der Waals surface area contributed by atoms with Crippen molar-refractivity contribution in [3.8, 4) is 0 Å². The van der Waals surface area contributed by atoms with Crippen molar-refractivity contribution in [2.45, 2.75) is 6.42 Å². The largest absolute Gasteiger partial charge is 0.550 e. The van der Waals surface area contributed by atoms with E-state index < -0.39 is 46.9 Å². The van der Waals surface area contributed by atoms with E-state index in [1.165, 1.54) is 0 Å². The lowest BCUT2D eigenvalue weighted by atomic mass is 9.82. The molecule has 1 aromatic rings. The molecule has 2 aliphatic rings. The van der Waals surface area contributed by atoms with E-state index in [9.17, 15) is 27.9 Å². The summed E-state index contributed by atoms with van der Waals surface area (Å²) in [5.74, 6) is -9.14. The van der Waals surface area contributed by atoms with Gasteiger partial charge in [-0.1, -0.05) is 12.2 Å². The Labute approximate surface area is 123 Å². The topological polar surface area (TPSA) is 69.2 Å². The monoisotopic (exact) mass is 310 g/mol. The molecule has 4 nitrogen and oxygen atoms in total. The summed E-state index contributed by atoms with van der Waals surface area (Å²) in [4.78, 5) is 23.5. The first-order chi connectivity index (χ1) is 10.4. The third-order valence-electron chi connectivity index (χ3n) is 4.33. The second-order valence-corrected chi connectivity index (χ2v) is 5.53. The van der Waals surface area contributed by atoms with Crippen LogP contribution in [0.4, 0.5) is 18.9 Å². The van der Waals surface area contributed by atoms with Crippen LogP contribution >= 0.6 is 0 Å². The van der Waals surface area contributed by atoms with E-state index in [0.29, 0.717) is 12.5 Å². The van der Waals surface area contributed by atoms with Crippen LogP contribution in [0.2, 0.25) is 0 Å². The predicted molar refractivity (Wildman–Crippen MR) is 67.7 cm³/mol. The van der Waals surface area contributed by atoms with Gasteiger partial charge in [-0.2, -0.15) is 0 Å². The van der Waals surface area contributed by atoms with E-state index >= 15 is 0 Å². The number of nitrogens with one attached hydrogen (secondary N) is 1. The van der Waals surface area contributed by atoms with Crippen molar-refractivity contribution in [1.29, 1.82) is 0 Å². The second kappa shape index (κ2) is 5.15. The maximum absolute atomic E-state index is 13.6. The van der Waals surface area contributed by atoms with Crippen molar-refractivity contribution in [3.63, 3.8) is 0 Å². The van der Waals surface area contributed by atoms with Crippen molar-refractivity contribution < 1.29 is 27.9 Å². The van der Waals surface area contributed by atoms with E-state index in [0.717, 1.165) is 6.07 Å². The summed E-state index contributed by atoms with van der Waals surface area (Å²) in [6.07, 6.45) is 3.99. The number of hydrogen-bond donors (Lipinski definition) is 1. The average Bonchev–Trinajstić information content (AvgIpc) is 3.08. The second-order valence-electron chi connectivity index (χ2n) is 5.53. The molecule has 4 atom stereocenters. The normalized spacial score (nSPS) is 28.9. The molecule has 0 aliphatic heterocycles. The van der Waals surface area contributed by atoms with Crippen LogP contribution in [0.3, 0.4) is 0 Å². The van der Waals surface area contributed by atoms with Crippen LogP contribution in [0.1, 0.15) is 6.42 Å². The Morgan fingerprint density at radius 1 is 1.05 bits per heavy atom. The lowest BCUT2D eigenvalue weighted by Gasteiger charge is -2.27. The highest BCUT2D eigenvalue weighted by atomic mass is 19.2. The summed E-state index contributed by atoms with van der Waals surface area (Å²) in [6.45, 7) is 0. The third-order valence-corrected chi connectivity index (χ3v) is 4.33. The van der Waals surface area contributed by atoms with Gasteiger partial charge < -0.3 is 15.2 Å². The van der Waals surface area contributed by atoms with E-state index in [4.69, 9.17) is 0 Å². The molecule has 0 aromatic heterocycles. The molecule has 0 unspecified atom stereocenters. The van der Waals surface area contributed by atoms with Gasteiger partial charge in [0.25, 0.3) is 0 Å². The molecular weight excluding hydrogens is 299 g/mol. The zero-order valence-electron chi connectivity index (χ0n) is 11.2. The number of halogens is 3. The van der Waals surface area contributed by atoms with Gasteiger partial charge in [-0.15, -0.1) is 0 Å². The van der Waals surface area contributed by atoms with Crippen molar-refractivity contribution in [1.82, 2.24) is 0 Å². The minimum Gasteiger partial charge on any atom is -0.550 e. The fraction of sp³-hybridized carbons (Fsp3) is 0.333. The Morgan fingerprint density at radius 2 is 1.68 bits per heavy atom. The van der Waals surface area contributed by atoms with Gasteiger partial charge in [0.2, 0.25) is 5.91 Å². The standard InChI is InChI=1S/C15H12F3NO3/c16-8-3-4-9(13(18)12(8)17)19-14(20)10-6-1-2-7(5-6)11(10)15(21)22/h1-4,6-7,10-11H,5H2,(H,19,20)(H,21,22)/p-1/t6-,7+,10+,11+/m0/s1. The molecule has 2 bridgehead atoms. The van der Waals surface area contributed by atoms with E-state index in [1.807, 2.05) is 0 Å². The molecule has 7 heteroatoms. The zero-order chi connectivity index (χ0) is 16.0. The van der Waals surface area contributed by atoms with Gasteiger partial charge in [0, 0.05) is 11.9 Å². The molecule has 0 saturated heterocycles. The minimum atomic E-state index is -1.69. The molecule has 0 spiro atoms. The molecule has 2 aliphatic carbocycles. The van der Waals surface area contributed by atoms with Gasteiger partial charge in [0.05, 0.1) is 11.6 Å². The van der Waals surface area contributed by atoms with Gasteiger partial charge in [-0.3, -0.25) is 4.79 Å². The smallest absolute Gasteiger partial charge is 0.228 e. The zero-order valence-corrected chi connectivity index (χ0v) is 11.2. The molecule has 1 amide bonds. The molecule has 1 fully saturated rings. The lowest BCUT2D eigenvalue weighted by Crippen LogP contribution is -2.43. The van der Waals surface area contributed by atoms with Crippen LogP contribution < -0.4 is 10.4 Å². The average molecular weight is 310 g/mol. The van der Waals surface area contributed by atoms with Crippen LogP contribution in [0.25, 0.3) is 0 Å². The first-order valence-corrected chi connectivity index (χ1v) is 6.73. The number of carbonyl (C=O) groups is 2. The molecule has 1 N–H and O–H groups in total. The molecule has 1 aromatic carbocycles. The Morgan fingerprint density at radius 3 is 2.32 bits per heavy atom. The van der Waals surface area contributed by atoms with Crippen molar-refractivity contribution in [2.75, 3.05) is 5.32 Å². The van der Waals surface area contributed by atoms with E-state index in [-0.39, 0.29) is 11.8 Å². The molecule has 116 valence electrons. The first kappa shape index (κ1) is 14.6. The van der Waals surface area contributed by atoms with Gasteiger partial charge in [0.15, 0.2) is 17.5 Å². The quantitative estimate of drug-likeness (QED) is 0.674. The van der Waals surface area contributed by atoms with Crippen LogP contribution in [0, 0.1) is 41.1 Å². The van der Waals surface area contributed by atoms with E-state index in [1.54, 1.807) is 12.2 Å². The number of fused-ring (bicyclic) bond motifs is 2. The summed E-state index contributed by atoms with van der Waals surface area (Å²) in [5.41, 5.74) is -0.521. The summed E-state index contributed by atoms with van der Waals surface area (Å²) in [7, 11) is 0. The highest BCUT2D eigenvalue weighted by molar-refractivity contribution is 5.96. The Hall–Kier alpha value is -2.31. The summed E-state index contributed by atoms with van der Waals surface area (Å²) in [6, 6.07) is 1.58. The molecule has 0 radical (unpaired) electrons. The van der Waals surface area contributed by atoms with Gasteiger partial charge >= 0.3 is 0 Å². The van der Waals surface area contributed by atoms with Gasteiger partial charge in [0.1, 0.15) is 0 Å². The number of hydrogen-bond acceptors (Lipinski definition) is 3. The summed E-state index contributed by atoms with van der Waals surface area (Å²) < 4.78 is 39.6. The number of carboxylic acids is 1. The Balaban J connectivity index is 1.85. The molecular formula is C15H11F3NO3-. The number of benzene rings is 1. The number of carbonyl (C=O) groups excluding carboxylic acids is 2. The maximum Gasteiger partial charge on any atom is 0.228 e. The lowest BCUT2D eigenvalue weighted by molar-refractivity contribution is -0.313. The number of amides is 1. The Bertz CT molecular complexity index is 689. The summed E-state index contributed by atoms with van der Waals surface area (Å²) in [5, 5.41) is 13.4. The van der Waals surface area contributed by atoms with Crippen LogP contribution in [0.5, 0.6) is 0 Å². The van der Waals surface area contributed by atoms with Crippen LogP contribution in [0.15, 0.2) is 24.3 Å². The number of anilines is 1. The van der Waals surface area contributed by atoms with Crippen molar-refractivity contribution in [2.24, 2.45) is 23.7 Å². The van der Waals surface area contributed by atoms with Crippen LogP contribution in [-0.4, -0.2) is 11.9 Å². The van der Waals surface area contributed by atoms with Crippen molar-refractivity contribution >= 4 is 17.6 Å². The molecule has 1 saturated carbocycles.